The van der Waals surface area contributed by atoms with Crippen LogP contribution in [0.15, 0.2) is 54.9 Å². The van der Waals surface area contributed by atoms with Crippen molar-refractivity contribution >= 4 is 17.4 Å². The van der Waals surface area contributed by atoms with E-state index in [0.29, 0.717) is 23.6 Å². The molecule has 32 heavy (non-hydrogen) atoms. The smallest absolute Gasteiger partial charge is 0.406 e. The number of hydrogen-bond acceptors (Lipinski definition) is 6. The summed E-state index contributed by atoms with van der Waals surface area (Å²) in [5, 5.41) is 11.9. The number of ether oxygens (including phenoxy) is 1. The first kappa shape index (κ1) is 23.0. The summed E-state index contributed by atoms with van der Waals surface area (Å²) < 4.78 is 40.7. The van der Waals surface area contributed by atoms with E-state index >= 15 is 0 Å². The van der Waals surface area contributed by atoms with Gasteiger partial charge in [0.15, 0.2) is 0 Å². The molecule has 0 spiro atoms. The van der Waals surface area contributed by atoms with Gasteiger partial charge in [-0.15, -0.1) is 13.2 Å². The molecule has 3 rings (SSSR count). The molecule has 0 aliphatic carbocycles. The zero-order valence-corrected chi connectivity index (χ0v) is 17.3. The Bertz CT molecular complexity index is 1070. The molecular weight excluding hydrogens is 425 g/mol. The van der Waals surface area contributed by atoms with Crippen LogP contribution in [0.4, 0.5) is 24.7 Å². The maximum atomic E-state index is 12.7. The van der Waals surface area contributed by atoms with Crippen LogP contribution in [0.2, 0.25) is 0 Å². The molecule has 0 atom stereocenters. The Kier molecular flexibility index (Phi) is 6.94. The number of hydrogen-bond donors (Lipinski definition) is 2. The number of aliphatic hydroxyl groups excluding tert-OH is 1. The molecule has 1 amide bonds. The number of benzene rings is 1. The van der Waals surface area contributed by atoms with Crippen LogP contribution >= 0.6 is 0 Å². The van der Waals surface area contributed by atoms with E-state index in [-0.39, 0.29) is 17.9 Å². The molecular formula is C22H21F3N4O3. The highest BCUT2D eigenvalue weighted by molar-refractivity contribution is 6.05. The number of carbonyl (C=O) groups is 1. The second-order valence-electron chi connectivity index (χ2n) is 6.95. The number of carbonyl (C=O) groups excluding carboxylic acids is 1. The minimum absolute atomic E-state index is 0.0694. The molecule has 0 aliphatic heterocycles. The van der Waals surface area contributed by atoms with Crippen LogP contribution in [0.25, 0.3) is 11.1 Å². The molecule has 168 valence electrons. The summed E-state index contributed by atoms with van der Waals surface area (Å²) >= 11 is 0. The second kappa shape index (κ2) is 9.65. The predicted octanol–water partition coefficient (Wildman–Crippen LogP) is 4.03. The van der Waals surface area contributed by atoms with Gasteiger partial charge in [-0.3, -0.25) is 9.78 Å². The van der Waals surface area contributed by atoms with Crippen molar-refractivity contribution in [2.24, 2.45) is 0 Å². The van der Waals surface area contributed by atoms with Crippen LogP contribution in [0.3, 0.4) is 0 Å². The fourth-order valence-electron chi connectivity index (χ4n) is 2.92. The van der Waals surface area contributed by atoms with Crippen molar-refractivity contribution in [1.29, 1.82) is 0 Å². The van der Waals surface area contributed by atoms with Crippen molar-refractivity contribution < 1.29 is 27.8 Å². The first-order valence-electron chi connectivity index (χ1n) is 9.58. The Hall–Kier alpha value is -3.66. The van der Waals surface area contributed by atoms with Gasteiger partial charge in [-0.1, -0.05) is 6.07 Å². The summed E-state index contributed by atoms with van der Waals surface area (Å²) in [4.78, 5) is 23.2. The first-order chi connectivity index (χ1) is 15.2. The lowest BCUT2D eigenvalue weighted by Crippen LogP contribution is -2.23. The molecule has 0 bridgehead atoms. The van der Waals surface area contributed by atoms with Crippen LogP contribution in [-0.4, -0.2) is 47.5 Å². The highest BCUT2D eigenvalue weighted by Gasteiger charge is 2.31. The van der Waals surface area contributed by atoms with Gasteiger partial charge in [-0.05, 0) is 43.3 Å². The SMILES string of the molecule is Cc1ccc(-c2cc(C(=O)Nc3ccc(OC(F)(F)F)cc3)cnc2N(C)CCO)cn1. The number of aryl methyl sites for hydroxylation is 1. The number of likely N-dealkylation sites (N-methyl/N-ethyl adjacent to an activating group) is 1. The Morgan fingerprint density at radius 1 is 1.12 bits per heavy atom. The summed E-state index contributed by atoms with van der Waals surface area (Å²) in [5.41, 5.74) is 2.77. The van der Waals surface area contributed by atoms with E-state index in [2.05, 4.69) is 20.0 Å². The van der Waals surface area contributed by atoms with E-state index < -0.39 is 12.3 Å². The molecule has 10 heteroatoms. The highest BCUT2D eigenvalue weighted by atomic mass is 19.4. The fourth-order valence-corrected chi connectivity index (χ4v) is 2.92. The van der Waals surface area contributed by atoms with Gasteiger partial charge in [0.05, 0.1) is 12.2 Å². The third-order valence-electron chi connectivity index (χ3n) is 4.49. The monoisotopic (exact) mass is 446 g/mol. The summed E-state index contributed by atoms with van der Waals surface area (Å²) in [6, 6.07) is 10.2. The summed E-state index contributed by atoms with van der Waals surface area (Å²) in [6.45, 7) is 2.13. The van der Waals surface area contributed by atoms with E-state index in [1.165, 1.54) is 18.3 Å². The van der Waals surface area contributed by atoms with Gasteiger partial charge in [-0.25, -0.2) is 4.98 Å². The van der Waals surface area contributed by atoms with Gasteiger partial charge in [0.2, 0.25) is 0 Å². The predicted molar refractivity (Wildman–Crippen MR) is 114 cm³/mol. The maximum absolute atomic E-state index is 12.7. The molecule has 0 saturated carbocycles. The number of nitrogens with one attached hydrogen (secondary N) is 1. The Morgan fingerprint density at radius 3 is 2.44 bits per heavy atom. The average molecular weight is 446 g/mol. The lowest BCUT2D eigenvalue weighted by molar-refractivity contribution is -0.274. The highest BCUT2D eigenvalue weighted by Crippen LogP contribution is 2.30. The van der Waals surface area contributed by atoms with Crippen molar-refractivity contribution in [2.75, 3.05) is 30.4 Å². The molecule has 0 saturated heterocycles. The minimum atomic E-state index is -4.79. The number of halogens is 3. The number of anilines is 2. The number of amides is 1. The largest absolute Gasteiger partial charge is 0.573 e. The van der Waals surface area contributed by atoms with Gasteiger partial charge in [0.1, 0.15) is 11.6 Å². The van der Waals surface area contributed by atoms with E-state index in [9.17, 15) is 23.1 Å². The van der Waals surface area contributed by atoms with Gasteiger partial charge in [0.25, 0.3) is 5.91 Å². The number of aromatic nitrogens is 2. The lowest BCUT2D eigenvalue weighted by atomic mass is 10.1. The molecule has 3 aromatic rings. The molecule has 0 unspecified atom stereocenters. The molecule has 0 aliphatic rings. The van der Waals surface area contributed by atoms with Gasteiger partial charge in [-0.2, -0.15) is 0 Å². The molecule has 0 fully saturated rings. The summed E-state index contributed by atoms with van der Waals surface area (Å²) in [6.07, 6.45) is -1.73. The Balaban J connectivity index is 1.86. The standard InChI is InChI=1S/C22H21F3N4O3/c1-14-3-4-15(12-26-14)19-11-16(13-27-20(19)29(2)9-10-30)21(31)28-17-5-7-18(8-6-17)32-22(23,24)25/h3-8,11-13,30H,9-10H2,1-2H3,(H,28,31). The second-order valence-corrected chi connectivity index (χ2v) is 6.95. The first-order valence-corrected chi connectivity index (χ1v) is 9.58. The quantitative estimate of drug-likeness (QED) is 0.570. The molecule has 2 aromatic heterocycles. The number of rotatable bonds is 7. The normalized spacial score (nSPS) is 11.2. The van der Waals surface area contributed by atoms with Crippen LogP contribution in [0.5, 0.6) is 5.75 Å². The van der Waals surface area contributed by atoms with Crippen molar-refractivity contribution in [3.63, 3.8) is 0 Å². The molecule has 7 nitrogen and oxygen atoms in total. The van der Waals surface area contributed by atoms with Crippen LogP contribution in [0.1, 0.15) is 16.1 Å². The number of pyridine rings is 2. The van der Waals surface area contributed by atoms with Crippen molar-refractivity contribution in [3.05, 3.63) is 66.1 Å². The Labute approximate surface area is 182 Å². The number of alkyl halides is 3. The summed E-state index contributed by atoms with van der Waals surface area (Å²) in [5.74, 6) is -0.308. The molecule has 0 radical (unpaired) electrons. The number of aliphatic hydroxyl groups is 1. The van der Waals surface area contributed by atoms with Crippen LogP contribution in [0, 0.1) is 6.92 Å². The Morgan fingerprint density at radius 2 is 1.84 bits per heavy atom. The van der Waals surface area contributed by atoms with E-state index in [4.69, 9.17) is 0 Å². The zero-order chi connectivity index (χ0) is 23.3. The summed E-state index contributed by atoms with van der Waals surface area (Å²) in [7, 11) is 1.77. The molecule has 2 N–H and O–H groups in total. The topological polar surface area (TPSA) is 87.6 Å². The van der Waals surface area contributed by atoms with E-state index in [1.807, 2.05) is 19.1 Å². The molecule has 1 aromatic carbocycles. The van der Waals surface area contributed by atoms with Crippen LogP contribution < -0.4 is 15.0 Å². The van der Waals surface area contributed by atoms with Crippen LogP contribution in [-0.2, 0) is 0 Å². The third-order valence-corrected chi connectivity index (χ3v) is 4.49. The average Bonchev–Trinajstić information content (AvgIpc) is 2.74. The van der Waals surface area contributed by atoms with Gasteiger partial charge >= 0.3 is 6.36 Å². The van der Waals surface area contributed by atoms with E-state index in [0.717, 1.165) is 23.4 Å². The molecule has 2 heterocycles. The fraction of sp³-hybridized carbons (Fsp3) is 0.227. The number of nitrogens with zero attached hydrogens (tertiary/aromatic N) is 3. The minimum Gasteiger partial charge on any atom is -0.406 e. The zero-order valence-electron chi connectivity index (χ0n) is 17.3. The van der Waals surface area contributed by atoms with E-state index in [1.54, 1.807) is 24.2 Å². The van der Waals surface area contributed by atoms with Gasteiger partial charge < -0.3 is 20.1 Å². The maximum Gasteiger partial charge on any atom is 0.573 e. The van der Waals surface area contributed by atoms with Gasteiger partial charge in [0, 0.05) is 48.5 Å². The van der Waals surface area contributed by atoms with Crippen molar-refractivity contribution in [1.82, 2.24) is 9.97 Å². The lowest BCUT2D eigenvalue weighted by Gasteiger charge is -2.21. The van der Waals surface area contributed by atoms with Crippen molar-refractivity contribution in [3.8, 4) is 16.9 Å². The van der Waals surface area contributed by atoms with Crippen molar-refractivity contribution in [2.45, 2.75) is 13.3 Å². The third kappa shape index (κ3) is 5.94.